The highest BCUT2D eigenvalue weighted by Gasteiger charge is 2.29. The van der Waals surface area contributed by atoms with Crippen LogP contribution in [0.4, 0.5) is 30.8 Å². The zero-order valence-electron chi connectivity index (χ0n) is 25.1. The van der Waals surface area contributed by atoms with Crippen molar-refractivity contribution in [3.05, 3.63) is 58.6 Å². The summed E-state index contributed by atoms with van der Waals surface area (Å²) in [7, 11) is 0. The van der Waals surface area contributed by atoms with Crippen molar-refractivity contribution in [2.24, 2.45) is 5.41 Å². The lowest BCUT2D eigenvalue weighted by Gasteiger charge is -2.33. The Morgan fingerprint density at radius 2 is 1.82 bits per heavy atom. The molecule has 2 amide bonds. The molecule has 4 aliphatic heterocycles. The first-order valence-corrected chi connectivity index (χ1v) is 14.7. The van der Waals surface area contributed by atoms with E-state index in [4.69, 9.17) is 21.1 Å². The summed E-state index contributed by atoms with van der Waals surface area (Å²) in [5.41, 5.74) is 1.16. The van der Waals surface area contributed by atoms with E-state index in [0.29, 0.717) is 61.1 Å². The highest BCUT2D eigenvalue weighted by molar-refractivity contribution is 6.32. The zero-order chi connectivity index (χ0) is 32.6. The van der Waals surface area contributed by atoms with Gasteiger partial charge in [0.1, 0.15) is 5.75 Å². The molecule has 0 radical (unpaired) electrons. The summed E-state index contributed by atoms with van der Waals surface area (Å²) in [6, 6.07) is 11.0. The van der Waals surface area contributed by atoms with E-state index < -0.39 is 24.2 Å². The van der Waals surface area contributed by atoms with Crippen molar-refractivity contribution in [1.82, 2.24) is 25.2 Å². The maximum atomic E-state index is 12.9. The minimum atomic E-state index is -4.59. The van der Waals surface area contributed by atoms with E-state index in [-0.39, 0.29) is 30.3 Å². The molecule has 0 atom stereocenters. The van der Waals surface area contributed by atoms with Gasteiger partial charge in [-0.15, -0.1) is 0 Å². The number of benzene rings is 2. The van der Waals surface area contributed by atoms with E-state index in [1.165, 1.54) is 0 Å². The average molecular weight is 650 g/mol. The van der Waals surface area contributed by atoms with Gasteiger partial charge in [-0.1, -0.05) is 38.4 Å². The number of nitrogens with one attached hydrogen (secondary N) is 3. The van der Waals surface area contributed by atoms with Gasteiger partial charge in [-0.2, -0.15) is 28.1 Å². The standard InChI is InChI=1S/C30H35ClF3N7O4/c1-4-24(42)41-12-5-13-44-23-11-6-19(14-22(23)31)15-35-26-38-27(40-28(39-26)45-18-30(32,33)34)37-21-9-7-20(8-10-21)25(43)36-16-29(2,3)17-41/h6-11,14H,4-5,12-13,15-18H2,1-3H3,(H,36,43)(H2,35,37,38,39,40). The minimum Gasteiger partial charge on any atom is -0.492 e. The number of hydrogen-bond acceptors (Lipinski definition) is 9. The van der Waals surface area contributed by atoms with Crippen LogP contribution in [-0.2, 0) is 11.3 Å². The van der Waals surface area contributed by atoms with E-state index in [1.807, 2.05) is 20.8 Å². The van der Waals surface area contributed by atoms with Gasteiger partial charge >= 0.3 is 12.2 Å². The van der Waals surface area contributed by atoms with Crippen LogP contribution < -0.4 is 25.4 Å². The molecule has 0 saturated heterocycles. The molecule has 2 aromatic carbocycles. The highest BCUT2D eigenvalue weighted by atomic mass is 35.5. The molecule has 0 spiro atoms. The van der Waals surface area contributed by atoms with Crippen LogP contribution in [0.25, 0.3) is 0 Å². The van der Waals surface area contributed by atoms with Crippen LogP contribution in [0.5, 0.6) is 11.8 Å². The molecule has 5 heterocycles. The van der Waals surface area contributed by atoms with Crippen molar-refractivity contribution in [3.8, 4) is 11.8 Å². The summed E-state index contributed by atoms with van der Waals surface area (Å²) in [6.07, 6.45) is -3.67. The molecule has 4 aliphatic rings. The van der Waals surface area contributed by atoms with Crippen LogP contribution in [0, 0.1) is 5.41 Å². The van der Waals surface area contributed by atoms with E-state index in [9.17, 15) is 22.8 Å². The molecule has 1 aromatic heterocycles. The van der Waals surface area contributed by atoms with E-state index >= 15 is 0 Å². The minimum absolute atomic E-state index is 0.0103. The summed E-state index contributed by atoms with van der Waals surface area (Å²) >= 11 is 6.46. The fraction of sp³-hybridized carbons (Fsp3) is 0.433. The molecule has 11 nitrogen and oxygen atoms in total. The summed E-state index contributed by atoms with van der Waals surface area (Å²) < 4.78 is 49.1. The van der Waals surface area contributed by atoms with Crippen molar-refractivity contribution >= 4 is 41.0 Å². The number of ether oxygens (including phenoxy) is 2. The Balaban J connectivity index is 1.61. The number of aromatic nitrogens is 3. The van der Waals surface area contributed by atoms with Gasteiger partial charge in [0.25, 0.3) is 5.91 Å². The van der Waals surface area contributed by atoms with Crippen LogP contribution in [0.2, 0.25) is 5.02 Å². The van der Waals surface area contributed by atoms with Gasteiger partial charge in [-0.3, -0.25) is 9.59 Å². The predicted molar refractivity (Wildman–Crippen MR) is 163 cm³/mol. The molecule has 0 saturated carbocycles. The second kappa shape index (κ2) is 14.6. The van der Waals surface area contributed by atoms with Gasteiger partial charge in [0.05, 0.1) is 11.6 Å². The Kier molecular flexibility index (Phi) is 10.9. The van der Waals surface area contributed by atoms with Gasteiger partial charge in [-0.25, -0.2) is 0 Å². The third kappa shape index (κ3) is 10.4. The van der Waals surface area contributed by atoms with Gasteiger partial charge in [-0.05, 0) is 53.8 Å². The number of halogens is 4. The molecule has 6 bridgehead atoms. The maximum Gasteiger partial charge on any atom is 0.422 e. The first kappa shape index (κ1) is 33.6. The molecule has 0 unspecified atom stereocenters. The first-order chi connectivity index (χ1) is 21.3. The largest absolute Gasteiger partial charge is 0.492 e. The van der Waals surface area contributed by atoms with Gasteiger partial charge < -0.3 is 30.3 Å². The van der Waals surface area contributed by atoms with E-state index in [2.05, 4.69) is 30.9 Å². The van der Waals surface area contributed by atoms with Crippen LogP contribution in [0.1, 0.15) is 49.5 Å². The number of anilines is 3. The molecule has 7 rings (SSSR count). The monoisotopic (exact) mass is 649 g/mol. The van der Waals surface area contributed by atoms with Crippen molar-refractivity contribution < 1.29 is 32.2 Å². The summed E-state index contributed by atoms with van der Waals surface area (Å²) in [4.78, 5) is 39.6. The first-order valence-electron chi connectivity index (χ1n) is 14.3. The Hall–Kier alpha value is -4.33. The normalized spacial score (nSPS) is 16.1. The Bertz CT molecular complexity index is 1490. The van der Waals surface area contributed by atoms with Crippen molar-refractivity contribution in [3.63, 3.8) is 0 Å². The third-order valence-corrected chi connectivity index (χ3v) is 6.96. The molecule has 3 aromatic rings. The van der Waals surface area contributed by atoms with Crippen LogP contribution in [0.3, 0.4) is 0 Å². The number of carbonyl (C=O) groups is 2. The molecule has 0 aliphatic carbocycles. The lowest BCUT2D eigenvalue weighted by molar-refractivity contribution is -0.154. The topological polar surface area (TPSA) is 131 Å². The maximum absolute atomic E-state index is 12.9. The molecule has 0 fully saturated rings. The van der Waals surface area contributed by atoms with Crippen LogP contribution >= 0.6 is 11.6 Å². The number of carbonyl (C=O) groups excluding carboxylic acids is 2. The number of nitrogens with zero attached hydrogens (tertiary/aromatic N) is 4. The van der Waals surface area contributed by atoms with Gasteiger partial charge in [0.2, 0.25) is 17.8 Å². The number of hydrogen-bond donors (Lipinski definition) is 3. The molecule has 242 valence electrons. The quantitative estimate of drug-likeness (QED) is 0.332. The highest BCUT2D eigenvalue weighted by Crippen LogP contribution is 2.27. The van der Waals surface area contributed by atoms with Crippen molar-refractivity contribution in [2.75, 3.05) is 43.5 Å². The number of rotatable bonds is 3. The van der Waals surface area contributed by atoms with E-state index in [0.717, 1.165) is 5.56 Å². The summed E-state index contributed by atoms with van der Waals surface area (Å²) in [5.74, 6) is 0.0527. The summed E-state index contributed by atoms with van der Waals surface area (Å²) in [5, 5.41) is 9.15. The van der Waals surface area contributed by atoms with E-state index in [1.54, 1.807) is 47.4 Å². The smallest absolute Gasteiger partial charge is 0.422 e. The fourth-order valence-electron chi connectivity index (χ4n) is 4.44. The number of alkyl halides is 3. The zero-order valence-corrected chi connectivity index (χ0v) is 25.9. The van der Waals surface area contributed by atoms with Crippen LogP contribution in [-0.4, -0.2) is 70.7 Å². The summed E-state index contributed by atoms with van der Waals surface area (Å²) in [6.45, 7) is 5.91. The predicted octanol–water partition coefficient (Wildman–Crippen LogP) is 5.60. The fourth-order valence-corrected chi connectivity index (χ4v) is 4.69. The molecule has 15 heteroatoms. The Morgan fingerprint density at radius 1 is 1.09 bits per heavy atom. The third-order valence-electron chi connectivity index (χ3n) is 6.66. The molecule has 3 N–H and O–H groups in total. The lowest BCUT2D eigenvalue weighted by Crippen LogP contribution is -2.44. The van der Waals surface area contributed by atoms with Crippen molar-refractivity contribution in [1.29, 1.82) is 0 Å². The van der Waals surface area contributed by atoms with Crippen molar-refractivity contribution in [2.45, 2.75) is 46.3 Å². The van der Waals surface area contributed by atoms with Gasteiger partial charge in [0, 0.05) is 43.9 Å². The lowest BCUT2D eigenvalue weighted by atomic mass is 9.92. The average Bonchev–Trinajstić information content (AvgIpc) is 2.99. The van der Waals surface area contributed by atoms with Crippen LogP contribution in [0.15, 0.2) is 42.5 Å². The SMILES string of the molecule is CCC(=O)N1CCCOc2ccc(cc2Cl)CNc2nc(nc(OCC(F)(F)F)n2)Nc2ccc(cc2)C(=O)NCC(C)(C)C1. The second-order valence-corrected chi connectivity index (χ2v) is 11.6. The Labute approximate surface area is 263 Å². The number of amides is 2. The van der Waals surface area contributed by atoms with Gasteiger partial charge in [0.15, 0.2) is 6.61 Å². The Morgan fingerprint density at radius 3 is 2.51 bits per heavy atom. The second-order valence-electron chi connectivity index (χ2n) is 11.2. The molecule has 45 heavy (non-hydrogen) atoms. The molecular formula is C30H35ClF3N7O4. The molecular weight excluding hydrogens is 615 g/mol.